The maximum atomic E-state index is 12.4. The molecule has 0 saturated heterocycles. The van der Waals surface area contributed by atoms with Gasteiger partial charge in [-0.15, -0.1) is 0 Å². The maximum Gasteiger partial charge on any atom is 0.371 e. The van der Waals surface area contributed by atoms with Crippen LogP contribution in [0.5, 0.6) is 0 Å². The second-order valence-electron chi connectivity index (χ2n) is 5.53. The van der Waals surface area contributed by atoms with Gasteiger partial charge in [0.2, 0.25) is 5.76 Å². The molecule has 1 aromatic heterocycles. The number of nitrogens with zero attached hydrogens (tertiary/aromatic N) is 1. The van der Waals surface area contributed by atoms with Gasteiger partial charge in [0.05, 0.1) is 17.7 Å². The van der Waals surface area contributed by atoms with E-state index in [1.807, 2.05) is 0 Å². The van der Waals surface area contributed by atoms with E-state index in [0.29, 0.717) is 22.1 Å². The van der Waals surface area contributed by atoms with E-state index in [0.717, 1.165) is 5.56 Å². The fraction of sp³-hybridized carbons (Fsp3) is 0.0556. The zero-order chi connectivity index (χ0) is 16.8. The summed E-state index contributed by atoms with van der Waals surface area (Å²) in [7, 11) is 0. The van der Waals surface area contributed by atoms with Crippen molar-refractivity contribution in [2.45, 2.75) is 6.54 Å². The van der Waals surface area contributed by atoms with Crippen molar-refractivity contribution in [2.75, 3.05) is 0 Å². The van der Waals surface area contributed by atoms with Crippen molar-refractivity contribution in [1.29, 1.82) is 0 Å². The second kappa shape index (κ2) is 5.06. The third kappa shape index (κ3) is 2.08. The van der Waals surface area contributed by atoms with Crippen LogP contribution >= 0.6 is 0 Å². The van der Waals surface area contributed by atoms with Gasteiger partial charge in [-0.05, 0) is 35.9 Å². The highest BCUT2D eigenvalue weighted by atomic mass is 16.4. The van der Waals surface area contributed by atoms with E-state index in [-0.39, 0.29) is 24.1 Å². The van der Waals surface area contributed by atoms with Crippen LogP contribution in [-0.4, -0.2) is 27.8 Å². The van der Waals surface area contributed by atoms with Gasteiger partial charge in [-0.25, -0.2) is 4.79 Å². The van der Waals surface area contributed by atoms with Crippen LogP contribution in [0.25, 0.3) is 11.0 Å². The van der Waals surface area contributed by atoms with Crippen molar-refractivity contribution in [3.05, 3.63) is 71.0 Å². The first kappa shape index (κ1) is 14.2. The molecule has 0 bridgehead atoms. The Bertz CT molecular complexity index is 982. The molecule has 0 aliphatic carbocycles. The van der Waals surface area contributed by atoms with Crippen LogP contribution < -0.4 is 0 Å². The highest BCUT2D eigenvalue weighted by molar-refractivity contribution is 6.21. The van der Waals surface area contributed by atoms with Gasteiger partial charge < -0.3 is 9.52 Å². The van der Waals surface area contributed by atoms with E-state index in [1.54, 1.807) is 42.5 Å². The average molecular weight is 321 g/mol. The minimum Gasteiger partial charge on any atom is -0.475 e. The third-order valence-electron chi connectivity index (χ3n) is 4.01. The van der Waals surface area contributed by atoms with E-state index < -0.39 is 5.97 Å². The SMILES string of the molecule is O=C(O)c1cc2cc(CN3C(=O)c4ccccc4C3=O)ccc2o1. The Kier molecular flexibility index (Phi) is 2.99. The van der Waals surface area contributed by atoms with Crippen LogP contribution in [-0.2, 0) is 6.54 Å². The van der Waals surface area contributed by atoms with Crippen LogP contribution in [0.2, 0.25) is 0 Å². The lowest BCUT2D eigenvalue weighted by atomic mass is 10.1. The van der Waals surface area contributed by atoms with Crippen LogP contribution in [0.3, 0.4) is 0 Å². The Balaban J connectivity index is 1.66. The second-order valence-corrected chi connectivity index (χ2v) is 5.53. The lowest BCUT2D eigenvalue weighted by Gasteiger charge is -2.13. The lowest BCUT2D eigenvalue weighted by molar-refractivity contribution is 0.0637. The number of fused-ring (bicyclic) bond motifs is 2. The van der Waals surface area contributed by atoms with E-state index in [4.69, 9.17) is 9.52 Å². The summed E-state index contributed by atoms with van der Waals surface area (Å²) in [6, 6.07) is 13.2. The molecule has 0 saturated carbocycles. The Labute approximate surface area is 135 Å². The molecule has 3 aromatic rings. The van der Waals surface area contributed by atoms with E-state index in [9.17, 15) is 14.4 Å². The lowest BCUT2D eigenvalue weighted by Crippen LogP contribution is -2.29. The molecular weight excluding hydrogens is 310 g/mol. The fourth-order valence-corrected chi connectivity index (χ4v) is 2.86. The normalized spacial score (nSPS) is 13.6. The standard InChI is InChI=1S/C18H11NO5/c20-16-12-3-1-2-4-13(12)17(21)19(16)9-10-5-6-14-11(7-10)8-15(24-14)18(22)23/h1-8H,9H2,(H,22,23). The van der Waals surface area contributed by atoms with Crippen molar-refractivity contribution >= 4 is 28.8 Å². The number of carboxylic acid groups (broad SMARTS) is 1. The number of amides is 2. The molecule has 1 N–H and O–H groups in total. The van der Waals surface area contributed by atoms with Gasteiger partial charge in [0, 0.05) is 5.39 Å². The van der Waals surface area contributed by atoms with Gasteiger partial charge in [0.1, 0.15) is 5.58 Å². The molecule has 1 aliphatic rings. The summed E-state index contributed by atoms with van der Waals surface area (Å²) in [5.41, 5.74) is 1.97. The Morgan fingerprint density at radius 1 is 1.00 bits per heavy atom. The van der Waals surface area contributed by atoms with Crippen molar-refractivity contribution in [1.82, 2.24) is 4.90 Å². The highest BCUT2D eigenvalue weighted by Gasteiger charge is 2.34. The van der Waals surface area contributed by atoms with Crippen molar-refractivity contribution < 1.29 is 23.9 Å². The summed E-state index contributed by atoms with van der Waals surface area (Å²) >= 11 is 0. The number of carboxylic acids is 1. The molecule has 4 rings (SSSR count). The molecule has 2 heterocycles. The molecule has 0 fully saturated rings. The molecule has 118 valence electrons. The average Bonchev–Trinajstić information content (AvgIpc) is 3.10. The molecular formula is C18H11NO5. The monoisotopic (exact) mass is 321 g/mol. The fourth-order valence-electron chi connectivity index (χ4n) is 2.86. The molecule has 0 spiro atoms. The van der Waals surface area contributed by atoms with Crippen molar-refractivity contribution in [3.8, 4) is 0 Å². The number of benzene rings is 2. The summed E-state index contributed by atoms with van der Waals surface area (Å²) in [5, 5.41) is 9.58. The molecule has 0 unspecified atom stereocenters. The highest BCUT2D eigenvalue weighted by Crippen LogP contribution is 2.26. The van der Waals surface area contributed by atoms with E-state index in [2.05, 4.69) is 0 Å². The molecule has 24 heavy (non-hydrogen) atoms. The number of hydrogen-bond donors (Lipinski definition) is 1. The van der Waals surface area contributed by atoms with Crippen LogP contribution in [0.4, 0.5) is 0 Å². The predicted octanol–water partition coefficient (Wildman–Crippen LogP) is 2.93. The summed E-state index contributed by atoms with van der Waals surface area (Å²) < 4.78 is 5.20. The van der Waals surface area contributed by atoms with Gasteiger partial charge in [-0.2, -0.15) is 0 Å². The number of imide groups is 1. The van der Waals surface area contributed by atoms with E-state index in [1.165, 1.54) is 11.0 Å². The Hall–Kier alpha value is -3.41. The molecule has 2 aromatic carbocycles. The van der Waals surface area contributed by atoms with Crippen LogP contribution in [0.15, 0.2) is 52.9 Å². The zero-order valence-electron chi connectivity index (χ0n) is 12.4. The summed E-state index contributed by atoms with van der Waals surface area (Å²) in [6.07, 6.45) is 0. The molecule has 2 amide bonds. The summed E-state index contributed by atoms with van der Waals surface area (Å²) in [6.45, 7) is 0.121. The van der Waals surface area contributed by atoms with Gasteiger partial charge in [0.25, 0.3) is 11.8 Å². The smallest absolute Gasteiger partial charge is 0.371 e. The number of carbonyl (C=O) groups excluding carboxylic acids is 2. The van der Waals surface area contributed by atoms with Crippen molar-refractivity contribution in [2.24, 2.45) is 0 Å². The van der Waals surface area contributed by atoms with Crippen LogP contribution in [0, 0.1) is 0 Å². The summed E-state index contributed by atoms with van der Waals surface area (Å²) in [4.78, 5) is 36.9. The number of aromatic carboxylic acids is 1. The number of hydrogen-bond acceptors (Lipinski definition) is 4. The molecule has 6 heteroatoms. The van der Waals surface area contributed by atoms with Gasteiger partial charge in [0.15, 0.2) is 0 Å². The first-order chi connectivity index (χ1) is 11.5. The molecule has 6 nitrogen and oxygen atoms in total. The van der Waals surface area contributed by atoms with Crippen LogP contribution in [0.1, 0.15) is 36.8 Å². The number of furan rings is 1. The third-order valence-corrected chi connectivity index (χ3v) is 4.01. The Morgan fingerprint density at radius 2 is 1.67 bits per heavy atom. The van der Waals surface area contributed by atoms with Gasteiger partial charge in [-0.1, -0.05) is 18.2 Å². The quantitative estimate of drug-likeness (QED) is 0.749. The molecule has 0 radical (unpaired) electrons. The topological polar surface area (TPSA) is 87.8 Å². The zero-order valence-corrected chi connectivity index (χ0v) is 12.4. The molecule has 1 aliphatic heterocycles. The summed E-state index contributed by atoms with van der Waals surface area (Å²) in [5.74, 6) is -1.95. The minimum absolute atomic E-state index is 0.121. The van der Waals surface area contributed by atoms with Crippen molar-refractivity contribution in [3.63, 3.8) is 0 Å². The maximum absolute atomic E-state index is 12.4. The first-order valence-corrected chi connectivity index (χ1v) is 7.25. The number of rotatable bonds is 3. The van der Waals surface area contributed by atoms with Gasteiger partial charge >= 0.3 is 5.97 Å². The number of carbonyl (C=O) groups is 3. The predicted molar refractivity (Wildman–Crippen MR) is 83.8 cm³/mol. The minimum atomic E-state index is -1.15. The first-order valence-electron chi connectivity index (χ1n) is 7.25. The van der Waals surface area contributed by atoms with Gasteiger partial charge in [-0.3, -0.25) is 14.5 Å². The molecule has 0 atom stereocenters. The van der Waals surface area contributed by atoms with E-state index >= 15 is 0 Å². The Morgan fingerprint density at radius 3 is 2.29 bits per heavy atom. The largest absolute Gasteiger partial charge is 0.475 e.